The Kier molecular flexibility index (Phi) is 6.53. The second-order valence-electron chi connectivity index (χ2n) is 7.56. The van der Waals surface area contributed by atoms with Crippen LogP contribution in [0.25, 0.3) is 0 Å². The van der Waals surface area contributed by atoms with E-state index in [0.29, 0.717) is 11.7 Å². The van der Waals surface area contributed by atoms with Crippen LogP contribution >= 0.6 is 11.8 Å². The summed E-state index contributed by atoms with van der Waals surface area (Å²) in [6, 6.07) is 19.6. The van der Waals surface area contributed by atoms with Crippen molar-refractivity contribution in [1.29, 1.82) is 0 Å². The van der Waals surface area contributed by atoms with E-state index in [1.807, 2.05) is 48.5 Å². The number of rotatable bonds is 7. The van der Waals surface area contributed by atoms with E-state index >= 15 is 0 Å². The molecule has 2 aromatic carbocycles. The molecule has 0 fully saturated rings. The Hall–Kier alpha value is -2.46. The molecule has 0 atom stereocenters. The van der Waals surface area contributed by atoms with Crippen LogP contribution in [0.2, 0.25) is 0 Å². The van der Waals surface area contributed by atoms with Gasteiger partial charge in [0.2, 0.25) is 0 Å². The van der Waals surface area contributed by atoms with Gasteiger partial charge in [-0.15, -0.1) is 0 Å². The van der Waals surface area contributed by atoms with E-state index in [1.165, 1.54) is 11.8 Å². The lowest BCUT2D eigenvalue weighted by Gasteiger charge is -2.31. The molecular weight excluding hydrogens is 380 g/mol. The van der Waals surface area contributed by atoms with Crippen molar-refractivity contribution >= 4 is 11.8 Å². The molecule has 1 heterocycles. The highest BCUT2D eigenvalue weighted by molar-refractivity contribution is 7.99. The average Bonchev–Trinajstić information content (AvgIpc) is 2.73. The zero-order valence-corrected chi connectivity index (χ0v) is 18.3. The Bertz CT molecular complexity index is 1020. The van der Waals surface area contributed by atoms with Crippen LogP contribution in [0.5, 0.6) is 5.75 Å². The van der Waals surface area contributed by atoms with Gasteiger partial charge in [0.1, 0.15) is 16.4 Å². The van der Waals surface area contributed by atoms with Gasteiger partial charge >= 0.3 is 5.63 Å². The van der Waals surface area contributed by atoms with Crippen LogP contribution in [0.15, 0.2) is 79.7 Å². The van der Waals surface area contributed by atoms with Gasteiger partial charge in [0, 0.05) is 11.0 Å². The van der Waals surface area contributed by atoms with Gasteiger partial charge in [0.15, 0.2) is 0 Å². The summed E-state index contributed by atoms with van der Waals surface area (Å²) >= 11 is 1.27. The number of benzene rings is 2. The summed E-state index contributed by atoms with van der Waals surface area (Å²) in [5.41, 5.74) is 1.28. The van der Waals surface area contributed by atoms with Crippen molar-refractivity contribution in [2.75, 3.05) is 0 Å². The lowest BCUT2D eigenvalue weighted by atomic mass is 9.73. The lowest BCUT2D eigenvalue weighted by molar-refractivity contribution is 0.323. The molecular formula is C25H28O3S. The van der Waals surface area contributed by atoms with Crippen LogP contribution in [-0.2, 0) is 5.41 Å². The maximum Gasteiger partial charge on any atom is 0.353 e. The van der Waals surface area contributed by atoms with Crippen molar-refractivity contribution in [1.82, 2.24) is 0 Å². The Morgan fingerprint density at radius 2 is 1.62 bits per heavy atom. The smallest absolute Gasteiger partial charge is 0.353 e. The summed E-state index contributed by atoms with van der Waals surface area (Å²) in [5.74, 6) is 0.804. The van der Waals surface area contributed by atoms with Crippen molar-refractivity contribution in [3.8, 4) is 5.75 Å². The molecule has 3 nitrogen and oxygen atoms in total. The highest BCUT2D eigenvalue weighted by atomic mass is 32.2. The minimum atomic E-state index is -0.495. The van der Waals surface area contributed by atoms with E-state index in [4.69, 9.17) is 4.42 Å². The van der Waals surface area contributed by atoms with Gasteiger partial charge in [-0.25, -0.2) is 4.79 Å². The summed E-state index contributed by atoms with van der Waals surface area (Å²) in [6.07, 6.45) is 1.52. The molecule has 0 bridgehead atoms. The van der Waals surface area contributed by atoms with Crippen LogP contribution in [0.1, 0.15) is 63.3 Å². The third kappa shape index (κ3) is 4.13. The zero-order valence-electron chi connectivity index (χ0n) is 17.4. The summed E-state index contributed by atoms with van der Waals surface area (Å²) in [6.45, 7) is 8.38. The Morgan fingerprint density at radius 1 is 1.00 bits per heavy atom. The van der Waals surface area contributed by atoms with Crippen molar-refractivity contribution in [3.05, 3.63) is 88.0 Å². The minimum absolute atomic E-state index is 0.0259. The summed E-state index contributed by atoms with van der Waals surface area (Å²) < 4.78 is 5.83. The molecule has 0 saturated carbocycles. The fourth-order valence-electron chi connectivity index (χ4n) is 3.87. The Morgan fingerprint density at radius 3 is 2.21 bits per heavy atom. The summed E-state index contributed by atoms with van der Waals surface area (Å²) in [4.78, 5) is 14.1. The highest BCUT2D eigenvalue weighted by Crippen LogP contribution is 2.42. The summed E-state index contributed by atoms with van der Waals surface area (Å²) in [7, 11) is 0. The van der Waals surface area contributed by atoms with E-state index in [2.05, 4.69) is 33.8 Å². The van der Waals surface area contributed by atoms with Crippen LogP contribution in [0, 0.1) is 0 Å². The minimum Gasteiger partial charge on any atom is -0.506 e. The molecule has 0 saturated heterocycles. The topological polar surface area (TPSA) is 50.4 Å². The SMILES string of the molecule is CCC(CC)(c1ccccc1)c1cc(O)c(Sc2ccccc2C(C)C)c(=O)o1. The maximum atomic E-state index is 12.9. The largest absolute Gasteiger partial charge is 0.506 e. The molecule has 152 valence electrons. The maximum absolute atomic E-state index is 12.9. The van der Waals surface area contributed by atoms with Gasteiger partial charge in [-0.05, 0) is 36.0 Å². The quantitative estimate of drug-likeness (QED) is 0.471. The van der Waals surface area contributed by atoms with Crippen LogP contribution < -0.4 is 5.63 Å². The van der Waals surface area contributed by atoms with Gasteiger partial charge in [-0.1, -0.05) is 88.0 Å². The molecule has 0 radical (unpaired) electrons. The van der Waals surface area contributed by atoms with Gasteiger partial charge in [-0.2, -0.15) is 0 Å². The fraction of sp³-hybridized carbons (Fsp3) is 0.320. The molecule has 3 aromatic rings. The van der Waals surface area contributed by atoms with E-state index < -0.39 is 11.0 Å². The van der Waals surface area contributed by atoms with Crippen molar-refractivity contribution in [3.63, 3.8) is 0 Å². The predicted molar refractivity (Wildman–Crippen MR) is 119 cm³/mol. The second kappa shape index (κ2) is 8.91. The highest BCUT2D eigenvalue weighted by Gasteiger charge is 2.34. The third-order valence-electron chi connectivity index (χ3n) is 5.65. The Labute approximate surface area is 176 Å². The molecule has 0 aliphatic heterocycles. The standard InChI is InChI=1S/C25H28O3S/c1-5-25(6-2,18-12-8-7-9-13-18)22-16-20(26)23(24(27)28-22)29-21-15-11-10-14-19(21)17(3)4/h7-17,26H,5-6H2,1-4H3. The molecule has 1 aromatic heterocycles. The first-order valence-electron chi connectivity index (χ1n) is 10.1. The van der Waals surface area contributed by atoms with Crippen molar-refractivity contribution in [2.45, 2.75) is 61.7 Å². The van der Waals surface area contributed by atoms with Gasteiger partial charge in [0.25, 0.3) is 0 Å². The molecule has 1 N–H and O–H groups in total. The molecule has 0 aliphatic rings. The molecule has 29 heavy (non-hydrogen) atoms. The first-order chi connectivity index (χ1) is 13.9. The fourth-order valence-corrected chi connectivity index (χ4v) is 4.94. The van der Waals surface area contributed by atoms with Gasteiger partial charge in [-0.3, -0.25) is 0 Å². The number of hydrogen-bond donors (Lipinski definition) is 1. The average molecular weight is 409 g/mol. The predicted octanol–water partition coefficient (Wildman–Crippen LogP) is 6.73. The third-order valence-corrected chi connectivity index (χ3v) is 6.82. The van der Waals surface area contributed by atoms with E-state index in [-0.39, 0.29) is 10.6 Å². The molecule has 3 rings (SSSR count). The Balaban J connectivity index is 2.07. The molecule has 0 amide bonds. The normalized spacial score (nSPS) is 11.8. The lowest BCUT2D eigenvalue weighted by Crippen LogP contribution is -2.27. The van der Waals surface area contributed by atoms with Gasteiger partial charge < -0.3 is 9.52 Å². The van der Waals surface area contributed by atoms with Crippen molar-refractivity contribution < 1.29 is 9.52 Å². The molecule has 0 spiro atoms. The number of aromatic hydroxyl groups is 1. The van der Waals surface area contributed by atoms with Crippen molar-refractivity contribution in [2.24, 2.45) is 0 Å². The van der Waals surface area contributed by atoms with Gasteiger partial charge in [0.05, 0.1) is 5.41 Å². The second-order valence-corrected chi connectivity index (χ2v) is 8.61. The van der Waals surface area contributed by atoms with E-state index in [0.717, 1.165) is 28.9 Å². The molecule has 0 unspecified atom stereocenters. The molecule has 0 aliphatic carbocycles. The molecule has 4 heteroatoms. The van der Waals surface area contributed by atoms with E-state index in [1.54, 1.807) is 6.07 Å². The summed E-state index contributed by atoms with van der Waals surface area (Å²) in [5, 5.41) is 10.8. The first-order valence-corrected chi connectivity index (χ1v) is 10.9. The monoisotopic (exact) mass is 408 g/mol. The number of hydrogen-bond acceptors (Lipinski definition) is 4. The van der Waals surface area contributed by atoms with Crippen LogP contribution in [0.4, 0.5) is 0 Å². The first kappa shape index (κ1) is 21.3. The zero-order chi connectivity index (χ0) is 21.0. The van der Waals surface area contributed by atoms with Crippen LogP contribution in [-0.4, -0.2) is 5.11 Å². The van der Waals surface area contributed by atoms with Crippen LogP contribution in [0.3, 0.4) is 0 Å². The van der Waals surface area contributed by atoms with E-state index in [9.17, 15) is 9.90 Å².